The van der Waals surface area contributed by atoms with E-state index in [0.29, 0.717) is 0 Å². The molecule has 7 heteroatoms. The summed E-state index contributed by atoms with van der Waals surface area (Å²) in [6, 6.07) is 0. The first-order valence-electron chi connectivity index (χ1n) is 2.87. The average Bonchev–Trinajstić information content (AvgIpc) is 1.52. The second-order valence-electron chi connectivity index (χ2n) is 2.01. The van der Waals surface area contributed by atoms with Crippen molar-refractivity contribution in [1.29, 1.82) is 0 Å². The Bertz CT molecular complexity index is 147. The summed E-state index contributed by atoms with van der Waals surface area (Å²) in [6.07, 6.45) is 0.0833. The number of ketones is 2. The van der Waals surface area contributed by atoms with E-state index >= 15 is 0 Å². The molecule has 0 aliphatic carbocycles. The Labute approximate surface area is 90.1 Å². The monoisotopic (exact) mass is 330 g/mol. The molecule has 12 heavy (non-hydrogen) atoms. The molecule has 0 unspecified atom stereocenters. The van der Waals surface area contributed by atoms with Gasteiger partial charge in [0.1, 0.15) is 11.6 Å². The first kappa shape index (κ1) is 15.8. The summed E-state index contributed by atoms with van der Waals surface area (Å²) >= 11 is -3.29. The van der Waals surface area contributed by atoms with Crippen molar-refractivity contribution in [2.45, 2.75) is 20.3 Å². The Morgan fingerprint density at radius 3 is 1.17 bits per heavy atom. The van der Waals surface area contributed by atoms with Gasteiger partial charge in [-0.15, -0.1) is 0 Å². The number of carbonyl (C=O) groups excluding carboxylic acids is 2. The second-order valence-corrected chi connectivity index (χ2v) is 24.4. The maximum atomic E-state index is 10.0. The van der Waals surface area contributed by atoms with Crippen molar-refractivity contribution in [2.24, 2.45) is 0 Å². The standard InChI is InChI=1S/C5H8O2.4ClH.Zr/c1-4(6)3-5(2)7;;;;;/h3H2,1-2H3;4*1H;/q;;;;;+4/p-4. The van der Waals surface area contributed by atoms with Crippen LogP contribution in [0.25, 0.3) is 0 Å². The van der Waals surface area contributed by atoms with Crippen LogP contribution in [0.4, 0.5) is 0 Å². The van der Waals surface area contributed by atoms with Gasteiger partial charge in [0.15, 0.2) is 0 Å². The van der Waals surface area contributed by atoms with Crippen molar-refractivity contribution in [2.75, 3.05) is 0 Å². The molecule has 0 bridgehead atoms. The van der Waals surface area contributed by atoms with Crippen LogP contribution in [0.1, 0.15) is 20.3 Å². The molecule has 0 saturated carbocycles. The molecule has 0 spiro atoms. The molecule has 0 aromatic heterocycles. The van der Waals surface area contributed by atoms with Gasteiger partial charge in [0.25, 0.3) is 0 Å². The topological polar surface area (TPSA) is 34.1 Å². The molecule has 72 valence electrons. The summed E-state index contributed by atoms with van der Waals surface area (Å²) in [7, 11) is 20.1. The van der Waals surface area contributed by atoms with E-state index in [4.69, 9.17) is 34.1 Å². The van der Waals surface area contributed by atoms with Crippen LogP contribution in [0.15, 0.2) is 0 Å². The SMILES string of the molecule is CC(=O)CC(C)=O.[Cl][Zr]([Cl])([Cl])[Cl]. The summed E-state index contributed by atoms with van der Waals surface area (Å²) in [5, 5.41) is 0. The van der Waals surface area contributed by atoms with E-state index in [1.54, 1.807) is 0 Å². The summed E-state index contributed by atoms with van der Waals surface area (Å²) in [6.45, 7) is 2.81. The van der Waals surface area contributed by atoms with E-state index < -0.39 is 15.5 Å². The van der Waals surface area contributed by atoms with Gasteiger partial charge in [-0.05, 0) is 13.8 Å². The van der Waals surface area contributed by atoms with Crippen molar-refractivity contribution in [3.05, 3.63) is 0 Å². The Hall–Kier alpha value is 1.38. The van der Waals surface area contributed by atoms with Crippen molar-refractivity contribution < 1.29 is 25.1 Å². The number of hydrogen-bond acceptors (Lipinski definition) is 2. The van der Waals surface area contributed by atoms with E-state index in [2.05, 4.69) is 0 Å². The van der Waals surface area contributed by atoms with Crippen molar-refractivity contribution >= 4 is 45.6 Å². The zero-order valence-corrected chi connectivity index (χ0v) is 12.0. The molecule has 0 aromatic carbocycles. The number of hydrogen-bond donors (Lipinski definition) is 0. The molecule has 0 fully saturated rings. The van der Waals surface area contributed by atoms with E-state index in [-0.39, 0.29) is 18.0 Å². The average molecular weight is 333 g/mol. The van der Waals surface area contributed by atoms with Crippen LogP contribution in [0.2, 0.25) is 0 Å². The predicted molar refractivity (Wildman–Crippen MR) is 49.4 cm³/mol. The second kappa shape index (κ2) is 7.76. The van der Waals surface area contributed by atoms with Gasteiger partial charge in [-0.2, -0.15) is 0 Å². The van der Waals surface area contributed by atoms with E-state index in [9.17, 15) is 9.59 Å². The zero-order valence-electron chi connectivity index (χ0n) is 6.54. The quantitative estimate of drug-likeness (QED) is 0.727. The third-order valence-corrected chi connectivity index (χ3v) is 0.498. The molecule has 0 atom stereocenters. The molecule has 0 amide bonds. The first-order chi connectivity index (χ1) is 5.13. The van der Waals surface area contributed by atoms with Gasteiger partial charge >= 0.3 is 49.5 Å². The Morgan fingerprint density at radius 2 is 1.17 bits per heavy atom. The summed E-state index contributed by atoms with van der Waals surface area (Å²) in [5.74, 6) is -0.125. The van der Waals surface area contributed by atoms with Crippen molar-refractivity contribution in [1.82, 2.24) is 0 Å². The minimum absolute atomic E-state index is 0.0625. The zero-order chi connectivity index (χ0) is 10.4. The van der Waals surface area contributed by atoms with Crippen molar-refractivity contribution in [3.8, 4) is 0 Å². The van der Waals surface area contributed by atoms with E-state index in [0.717, 1.165) is 0 Å². The molecular formula is C5H8Cl4O2Zr. The normalized spacial score (nSPS) is 9.83. The maximum absolute atomic E-state index is 10.0. The number of rotatable bonds is 2. The van der Waals surface area contributed by atoms with Gasteiger partial charge in [0.05, 0.1) is 6.42 Å². The summed E-state index contributed by atoms with van der Waals surface area (Å²) in [4.78, 5) is 20.1. The fraction of sp³-hybridized carbons (Fsp3) is 0.600. The van der Waals surface area contributed by atoms with Crippen LogP contribution in [0, 0.1) is 0 Å². The molecule has 0 aromatic rings. The predicted octanol–water partition coefficient (Wildman–Crippen LogP) is 3.31. The van der Waals surface area contributed by atoms with E-state index in [1.165, 1.54) is 13.8 Å². The van der Waals surface area contributed by atoms with Gasteiger partial charge in [0, 0.05) is 0 Å². The molecule has 0 radical (unpaired) electrons. The summed E-state index contributed by atoms with van der Waals surface area (Å²) < 4.78 is 0. The third-order valence-electron chi connectivity index (χ3n) is 0.498. The fourth-order valence-electron chi connectivity index (χ4n) is 0.351. The first-order valence-corrected chi connectivity index (χ1v) is 15.5. The fourth-order valence-corrected chi connectivity index (χ4v) is 0.351. The minimum atomic E-state index is -3.29. The molecule has 0 aliphatic heterocycles. The molecule has 0 aliphatic rings. The molecule has 0 rings (SSSR count). The van der Waals surface area contributed by atoms with Crippen LogP contribution in [0.5, 0.6) is 0 Å². The Morgan fingerprint density at radius 1 is 1.00 bits per heavy atom. The van der Waals surface area contributed by atoms with Crippen LogP contribution < -0.4 is 0 Å². The molecule has 0 N–H and O–H groups in total. The van der Waals surface area contributed by atoms with Gasteiger partial charge in [-0.3, -0.25) is 9.59 Å². The summed E-state index contributed by atoms with van der Waals surface area (Å²) in [5.41, 5.74) is 0. The molecular weight excluding hydrogens is 325 g/mol. The van der Waals surface area contributed by atoms with Crippen LogP contribution in [-0.2, 0) is 25.1 Å². The van der Waals surface area contributed by atoms with Crippen molar-refractivity contribution in [3.63, 3.8) is 0 Å². The van der Waals surface area contributed by atoms with Gasteiger partial charge in [-0.1, -0.05) is 0 Å². The van der Waals surface area contributed by atoms with Gasteiger partial charge < -0.3 is 0 Å². The third kappa shape index (κ3) is 42.3. The number of carbonyl (C=O) groups is 2. The molecule has 0 heterocycles. The van der Waals surface area contributed by atoms with Crippen LogP contribution >= 0.6 is 34.1 Å². The van der Waals surface area contributed by atoms with Gasteiger partial charge in [-0.25, -0.2) is 0 Å². The van der Waals surface area contributed by atoms with Gasteiger partial charge in [0.2, 0.25) is 0 Å². The number of Topliss-reactive ketones (excluding diaryl/α,β-unsaturated/α-hetero) is 2. The Balaban J connectivity index is 0. The van der Waals surface area contributed by atoms with Crippen LogP contribution in [-0.4, -0.2) is 11.6 Å². The number of halogens is 4. The van der Waals surface area contributed by atoms with E-state index in [1.807, 2.05) is 0 Å². The molecule has 2 nitrogen and oxygen atoms in total. The molecule has 0 saturated heterocycles. The Kier molecular flexibility index (Phi) is 10.2. The van der Waals surface area contributed by atoms with Crippen LogP contribution in [0.3, 0.4) is 0 Å².